The Balaban J connectivity index is 1.60. The second kappa shape index (κ2) is 3.58. The summed E-state index contributed by atoms with van der Waals surface area (Å²) in [4.78, 5) is 13.3. The molecule has 1 aromatic heterocycles. The third-order valence-corrected chi connectivity index (χ3v) is 7.42. The molecule has 3 fully saturated rings. The van der Waals surface area contributed by atoms with E-state index in [-0.39, 0.29) is 0 Å². The van der Waals surface area contributed by atoms with E-state index in [0.717, 1.165) is 32.3 Å². The van der Waals surface area contributed by atoms with Crippen LogP contribution in [0.1, 0.15) is 28.9 Å². The van der Waals surface area contributed by atoms with Gasteiger partial charge in [0, 0.05) is 5.92 Å². The van der Waals surface area contributed by atoms with Crippen molar-refractivity contribution in [2.24, 2.45) is 29.6 Å². The minimum atomic E-state index is 0.336. The lowest BCUT2D eigenvalue weighted by molar-refractivity contribution is 0.0948. The number of carbonyl (C=O) groups is 1. The van der Waals surface area contributed by atoms with Crippen molar-refractivity contribution in [1.29, 1.82) is 0 Å². The molecule has 4 unspecified atom stereocenters. The van der Waals surface area contributed by atoms with E-state index >= 15 is 0 Å². The highest BCUT2D eigenvalue weighted by Gasteiger charge is 2.67. The predicted octanol–water partition coefficient (Wildman–Crippen LogP) is 4.64. The van der Waals surface area contributed by atoms with Gasteiger partial charge in [-0.1, -0.05) is 11.6 Å². The Labute approximate surface area is 118 Å². The number of carbonyl (C=O) groups excluding carboxylic acids is 1. The van der Waals surface area contributed by atoms with Gasteiger partial charge >= 0.3 is 0 Å². The lowest BCUT2D eigenvalue weighted by atomic mass is 9.99. The molecule has 4 rings (SSSR count). The minimum absolute atomic E-state index is 0.336. The molecule has 3 saturated carbocycles. The Bertz CT molecular complexity index is 476. The van der Waals surface area contributed by atoms with Crippen LogP contribution in [0.3, 0.4) is 0 Å². The third-order valence-electron chi connectivity index (χ3n) is 4.93. The van der Waals surface area contributed by atoms with Gasteiger partial charge in [0.15, 0.2) is 5.78 Å². The average Bonchev–Trinajstić information content (AvgIpc) is 2.60. The maximum absolute atomic E-state index is 12.4. The summed E-state index contributed by atoms with van der Waals surface area (Å²) in [6, 6.07) is 1.83. The summed E-state index contributed by atoms with van der Waals surface area (Å²) in [5.74, 6) is 3.86. The minimum Gasteiger partial charge on any atom is -0.293 e. The van der Waals surface area contributed by atoms with Gasteiger partial charge in [-0.05, 0) is 64.9 Å². The lowest BCUT2D eigenvalue weighted by Gasteiger charge is -2.06. The van der Waals surface area contributed by atoms with Crippen LogP contribution in [-0.4, -0.2) is 5.78 Å². The monoisotopic (exact) mass is 330 g/mol. The molecule has 0 N–H and O–H groups in total. The van der Waals surface area contributed by atoms with E-state index in [4.69, 9.17) is 11.6 Å². The molecule has 1 nitrogen and oxygen atoms in total. The molecule has 2 bridgehead atoms. The van der Waals surface area contributed by atoms with Gasteiger partial charge in [0.2, 0.25) is 0 Å². The third kappa shape index (κ3) is 1.45. The fourth-order valence-electron chi connectivity index (χ4n) is 4.31. The van der Waals surface area contributed by atoms with E-state index < -0.39 is 0 Å². The normalized spacial score (nSPS) is 41.6. The highest BCUT2D eigenvalue weighted by Crippen LogP contribution is 2.70. The van der Waals surface area contributed by atoms with Gasteiger partial charge < -0.3 is 0 Å². The highest BCUT2D eigenvalue weighted by molar-refractivity contribution is 9.11. The zero-order valence-electron chi connectivity index (χ0n) is 9.16. The Hall–Kier alpha value is 0.140. The number of fused-ring (bicyclic) bond motifs is 5. The van der Waals surface area contributed by atoms with E-state index in [1.807, 2.05) is 6.07 Å². The summed E-state index contributed by atoms with van der Waals surface area (Å²) in [5, 5.41) is 0.673. The van der Waals surface area contributed by atoms with Gasteiger partial charge in [-0.2, -0.15) is 0 Å². The maximum Gasteiger partial charge on any atom is 0.176 e. The summed E-state index contributed by atoms with van der Waals surface area (Å²) in [5.41, 5.74) is 0. The molecule has 0 amide bonds. The Morgan fingerprint density at radius 2 is 2.00 bits per heavy atom. The van der Waals surface area contributed by atoms with Crippen molar-refractivity contribution < 1.29 is 4.79 Å². The van der Waals surface area contributed by atoms with Crippen LogP contribution in [0.4, 0.5) is 0 Å². The zero-order valence-corrected chi connectivity index (χ0v) is 12.3. The number of rotatable bonds is 2. The SMILES string of the molecule is O=C(c1cc(Cl)c(Br)s1)C1C2C3CCC(C3)C12. The maximum atomic E-state index is 12.4. The molecule has 0 radical (unpaired) electrons. The summed E-state index contributed by atoms with van der Waals surface area (Å²) >= 11 is 10.9. The second-order valence-electron chi connectivity index (χ2n) is 5.61. The molecule has 1 heterocycles. The molecule has 0 aliphatic heterocycles. The zero-order chi connectivity index (χ0) is 11.7. The standard InChI is InChI=1S/C13H12BrClOS/c14-13-7(15)4-8(17-13)12(16)11-9-5-1-2-6(3-5)10(9)11/h4-6,9-11H,1-3H2. The van der Waals surface area contributed by atoms with E-state index in [9.17, 15) is 4.79 Å². The van der Waals surface area contributed by atoms with Crippen LogP contribution in [0.2, 0.25) is 5.02 Å². The van der Waals surface area contributed by atoms with E-state index in [0.29, 0.717) is 16.7 Å². The van der Waals surface area contributed by atoms with Crippen molar-refractivity contribution >= 4 is 44.7 Å². The Morgan fingerprint density at radius 3 is 2.53 bits per heavy atom. The van der Waals surface area contributed by atoms with E-state index in [1.54, 1.807) is 0 Å². The largest absolute Gasteiger partial charge is 0.293 e. The Morgan fingerprint density at radius 1 is 1.35 bits per heavy atom. The first kappa shape index (κ1) is 11.0. The van der Waals surface area contributed by atoms with Crippen LogP contribution in [0.5, 0.6) is 0 Å². The number of ketones is 1. The first-order valence-corrected chi connectivity index (χ1v) is 8.14. The van der Waals surface area contributed by atoms with Crippen molar-refractivity contribution in [3.8, 4) is 0 Å². The number of halogens is 2. The first-order chi connectivity index (χ1) is 8.16. The molecule has 3 aliphatic rings. The molecule has 3 aliphatic carbocycles. The fraction of sp³-hybridized carbons (Fsp3) is 0.615. The van der Waals surface area contributed by atoms with Gasteiger partial charge in [0.1, 0.15) is 0 Å². The van der Waals surface area contributed by atoms with Crippen LogP contribution in [0.15, 0.2) is 9.85 Å². The molecule has 1 aromatic rings. The van der Waals surface area contributed by atoms with Crippen LogP contribution in [0, 0.1) is 29.6 Å². The van der Waals surface area contributed by atoms with Gasteiger partial charge in [0.05, 0.1) is 13.7 Å². The van der Waals surface area contributed by atoms with Crippen molar-refractivity contribution in [1.82, 2.24) is 0 Å². The summed E-state index contributed by atoms with van der Waals surface area (Å²) in [6.07, 6.45) is 4.13. The highest BCUT2D eigenvalue weighted by atomic mass is 79.9. The summed E-state index contributed by atoms with van der Waals surface area (Å²) in [7, 11) is 0. The lowest BCUT2D eigenvalue weighted by Crippen LogP contribution is -2.08. The number of hydrogen-bond acceptors (Lipinski definition) is 2. The van der Waals surface area contributed by atoms with Crippen LogP contribution < -0.4 is 0 Å². The summed E-state index contributed by atoms with van der Waals surface area (Å²) in [6.45, 7) is 0. The number of thiophene rings is 1. The smallest absolute Gasteiger partial charge is 0.176 e. The quantitative estimate of drug-likeness (QED) is 0.722. The van der Waals surface area contributed by atoms with E-state index in [2.05, 4.69) is 15.9 Å². The second-order valence-corrected chi connectivity index (χ2v) is 8.39. The number of Topliss-reactive ketones (excluding diaryl/α,β-unsaturated/α-hetero) is 1. The summed E-state index contributed by atoms with van der Waals surface area (Å²) < 4.78 is 0.885. The molecule has 0 spiro atoms. The molecular formula is C13H12BrClOS. The van der Waals surface area contributed by atoms with Gasteiger partial charge in [-0.25, -0.2) is 0 Å². The van der Waals surface area contributed by atoms with Crippen LogP contribution >= 0.6 is 38.9 Å². The molecule has 0 saturated heterocycles. The number of hydrogen-bond donors (Lipinski definition) is 0. The molecule has 0 aromatic carbocycles. The first-order valence-electron chi connectivity index (χ1n) is 6.16. The van der Waals surface area contributed by atoms with E-state index in [1.165, 1.54) is 30.6 Å². The molecule has 90 valence electrons. The van der Waals surface area contributed by atoms with Crippen molar-refractivity contribution in [2.45, 2.75) is 19.3 Å². The molecule has 17 heavy (non-hydrogen) atoms. The predicted molar refractivity (Wildman–Crippen MR) is 72.7 cm³/mol. The van der Waals surface area contributed by atoms with Gasteiger partial charge in [-0.3, -0.25) is 4.79 Å². The fourth-order valence-corrected chi connectivity index (χ4v) is 6.00. The molecular weight excluding hydrogens is 320 g/mol. The Kier molecular flexibility index (Phi) is 2.32. The van der Waals surface area contributed by atoms with Crippen molar-refractivity contribution in [3.05, 3.63) is 19.8 Å². The van der Waals surface area contributed by atoms with Crippen molar-refractivity contribution in [2.75, 3.05) is 0 Å². The average molecular weight is 332 g/mol. The molecule has 4 atom stereocenters. The van der Waals surface area contributed by atoms with Gasteiger partial charge in [-0.15, -0.1) is 11.3 Å². The topological polar surface area (TPSA) is 17.1 Å². The van der Waals surface area contributed by atoms with Gasteiger partial charge in [0.25, 0.3) is 0 Å². The molecule has 4 heteroatoms. The van der Waals surface area contributed by atoms with Crippen molar-refractivity contribution in [3.63, 3.8) is 0 Å². The van der Waals surface area contributed by atoms with Crippen LogP contribution in [-0.2, 0) is 0 Å². The van der Waals surface area contributed by atoms with Crippen LogP contribution in [0.25, 0.3) is 0 Å².